The Morgan fingerprint density at radius 1 is 1.50 bits per heavy atom. The maximum atomic E-state index is 11.4. The lowest BCUT2D eigenvalue weighted by Gasteiger charge is -2.11. The van der Waals surface area contributed by atoms with Gasteiger partial charge in [0.05, 0.1) is 5.75 Å². The highest BCUT2D eigenvalue weighted by Gasteiger charge is 2.24. The Balaban J connectivity index is 0.00000169. The van der Waals surface area contributed by atoms with E-state index in [1.807, 2.05) is 0 Å². The summed E-state index contributed by atoms with van der Waals surface area (Å²) in [6.07, 6.45) is 3.19. The standard InChI is InChI=1S/C8H18N2O2S.ClH/c1-7(6-9)10-13(11,12)5-4-8-2-3-8;/h7-8,10H,2-6,9H2,1H3;1H/t7-;/m1./s1. The summed E-state index contributed by atoms with van der Waals surface area (Å²) < 4.78 is 25.3. The first kappa shape index (κ1) is 14.2. The smallest absolute Gasteiger partial charge is 0.211 e. The molecule has 0 aliphatic heterocycles. The predicted molar refractivity (Wildman–Crippen MR) is 60.0 cm³/mol. The monoisotopic (exact) mass is 242 g/mol. The van der Waals surface area contributed by atoms with E-state index in [0.717, 1.165) is 6.42 Å². The van der Waals surface area contributed by atoms with E-state index in [1.54, 1.807) is 6.92 Å². The molecule has 3 N–H and O–H groups in total. The maximum absolute atomic E-state index is 11.4. The number of hydrogen-bond donors (Lipinski definition) is 2. The number of hydrogen-bond acceptors (Lipinski definition) is 3. The van der Waals surface area contributed by atoms with Crippen LogP contribution in [0.2, 0.25) is 0 Å². The van der Waals surface area contributed by atoms with Gasteiger partial charge in [-0.15, -0.1) is 12.4 Å². The van der Waals surface area contributed by atoms with Crippen LogP contribution in [-0.4, -0.2) is 26.8 Å². The largest absolute Gasteiger partial charge is 0.329 e. The number of halogens is 1. The Bertz CT molecular complexity index is 252. The van der Waals surface area contributed by atoms with Crippen LogP contribution in [0.4, 0.5) is 0 Å². The van der Waals surface area contributed by atoms with E-state index in [4.69, 9.17) is 5.73 Å². The van der Waals surface area contributed by atoms with Crippen molar-refractivity contribution < 1.29 is 8.42 Å². The summed E-state index contributed by atoms with van der Waals surface area (Å²) in [4.78, 5) is 0. The SMILES string of the molecule is C[C@H](CN)NS(=O)(=O)CCC1CC1.Cl. The summed E-state index contributed by atoms with van der Waals surface area (Å²) in [6.45, 7) is 2.12. The predicted octanol–water partition coefficient (Wildman–Crippen LogP) is 0.475. The molecule has 0 saturated heterocycles. The molecule has 86 valence electrons. The van der Waals surface area contributed by atoms with Gasteiger partial charge in [-0.2, -0.15) is 0 Å². The molecule has 6 heteroatoms. The van der Waals surface area contributed by atoms with Gasteiger partial charge >= 0.3 is 0 Å². The highest BCUT2D eigenvalue weighted by Crippen LogP contribution is 2.32. The van der Waals surface area contributed by atoms with Gasteiger partial charge in [0.25, 0.3) is 0 Å². The summed E-state index contributed by atoms with van der Waals surface area (Å²) in [6, 6.07) is -0.149. The van der Waals surface area contributed by atoms with Gasteiger partial charge in [-0.25, -0.2) is 13.1 Å². The van der Waals surface area contributed by atoms with Crippen LogP contribution in [0, 0.1) is 5.92 Å². The van der Waals surface area contributed by atoms with Crippen LogP contribution >= 0.6 is 12.4 Å². The molecule has 0 unspecified atom stereocenters. The molecule has 0 amide bonds. The minimum Gasteiger partial charge on any atom is -0.329 e. The number of nitrogens with two attached hydrogens (primary N) is 1. The minimum absolute atomic E-state index is 0. The third-order valence-electron chi connectivity index (χ3n) is 2.23. The molecule has 0 aromatic carbocycles. The molecular weight excluding hydrogens is 224 g/mol. The molecule has 14 heavy (non-hydrogen) atoms. The van der Waals surface area contributed by atoms with Crippen molar-refractivity contribution >= 4 is 22.4 Å². The summed E-state index contributed by atoms with van der Waals surface area (Å²) >= 11 is 0. The third kappa shape index (κ3) is 5.80. The summed E-state index contributed by atoms with van der Waals surface area (Å²) in [5, 5.41) is 0. The number of rotatable bonds is 6. The fraction of sp³-hybridized carbons (Fsp3) is 1.00. The Morgan fingerprint density at radius 3 is 2.50 bits per heavy atom. The molecular formula is C8H19ClN2O2S. The Morgan fingerprint density at radius 2 is 2.07 bits per heavy atom. The van der Waals surface area contributed by atoms with E-state index in [2.05, 4.69) is 4.72 Å². The maximum Gasteiger partial charge on any atom is 0.211 e. The molecule has 0 aromatic heterocycles. The quantitative estimate of drug-likeness (QED) is 0.712. The zero-order chi connectivity index (χ0) is 9.90. The molecule has 0 bridgehead atoms. The molecule has 0 spiro atoms. The van der Waals surface area contributed by atoms with Crippen molar-refractivity contribution in [1.82, 2.24) is 4.72 Å². The lowest BCUT2D eigenvalue weighted by atomic mass is 10.3. The van der Waals surface area contributed by atoms with Crippen LogP contribution in [0.3, 0.4) is 0 Å². The second-order valence-electron chi connectivity index (χ2n) is 3.81. The molecule has 0 aromatic rings. The second-order valence-corrected chi connectivity index (χ2v) is 5.68. The van der Waals surface area contributed by atoms with E-state index in [1.165, 1.54) is 12.8 Å². The molecule has 0 heterocycles. The average molecular weight is 243 g/mol. The van der Waals surface area contributed by atoms with Crippen LogP contribution in [0.15, 0.2) is 0 Å². The lowest BCUT2D eigenvalue weighted by Crippen LogP contribution is -2.39. The zero-order valence-corrected chi connectivity index (χ0v) is 10.0. The zero-order valence-electron chi connectivity index (χ0n) is 8.40. The second kappa shape index (κ2) is 5.90. The minimum atomic E-state index is -3.08. The molecule has 1 rings (SSSR count). The average Bonchev–Trinajstić information content (AvgIpc) is 2.83. The van der Waals surface area contributed by atoms with Gasteiger partial charge in [-0.3, -0.25) is 0 Å². The van der Waals surface area contributed by atoms with Crippen molar-refractivity contribution in [2.24, 2.45) is 11.7 Å². The normalized spacial score (nSPS) is 18.7. The van der Waals surface area contributed by atoms with Crippen LogP contribution in [0.1, 0.15) is 26.2 Å². The van der Waals surface area contributed by atoms with Crippen LogP contribution in [0.5, 0.6) is 0 Å². The fourth-order valence-electron chi connectivity index (χ4n) is 1.14. The number of sulfonamides is 1. The van der Waals surface area contributed by atoms with Gasteiger partial charge in [-0.05, 0) is 19.3 Å². The van der Waals surface area contributed by atoms with E-state index < -0.39 is 10.0 Å². The first-order valence-electron chi connectivity index (χ1n) is 4.73. The topological polar surface area (TPSA) is 72.2 Å². The van der Waals surface area contributed by atoms with Crippen molar-refractivity contribution in [1.29, 1.82) is 0 Å². The Hall–Kier alpha value is 0.160. The van der Waals surface area contributed by atoms with E-state index in [-0.39, 0.29) is 24.2 Å². The van der Waals surface area contributed by atoms with Gasteiger partial charge in [0, 0.05) is 12.6 Å². The van der Waals surface area contributed by atoms with E-state index >= 15 is 0 Å². The van der Waals surface area contributed by atoms with Crippen molar-refractivity contribution in [3.8, 4) is 0 Å². The molecule has 4 nitrogen and oxygen atoms in total. The van der Waals surface area contributed by atoms with Crippen LogP contribution < -0.4 is 10.5 Å². The van der Waals surface area contributed by atoms with Crippen molar-refractivity contribution in [3.63, 3.8) is 0 Å². The van der Waals surface area contributed by atoms with Gasteiger partial charge in [0.2, 0.25) is 10.0 Å². The molecule has 0 radical (unpaired) electrons. The number of nitrogens with one attached hydrogen (secondary N) is 1. The van der Waals surface area contributed by atoms with Crippen molar-refractivity contribution in [2.45, 2.75) is 32.2 Å². The molecule has 1 aliphatic carbocycles. The van der Waals surface area contributed by atoms with Crippen molar-refractivity contribution in [2.75, 3.05) is 12.3 Å². The molecule has 1 aliphatic rings. The summed E-state index contributed by atoms with van der Waals surface area (Å²) in [5.41, 5.74) is 5.32. The van der Waals surface area contributed by atoms with Crippen molar-refractivity contribution in [3.05, 3.63) is 0 Å². The molecule has 1 fully saturated rings. The highest BCUT2D eigenvalue weighted by molar-refractivity contribution is 7.89. The molecule has 1 saturated carbocycles. The van der Waals surface area contributed by atoms with Gasteiger partial charge in [0.15, 0.2) is 0 Å². The van der Waals surface area contributed by atoms with Gasteiger partial charge in [-0.1, -0.05) is 12.8 Å². The van der Waals surface area contributed by atoms with Crippen LogP contribution in [-0.2, 0) is 10.0 Å². The van der Waals surface area contributed by atoms with Crippen LogP contribution in [0.25, 0.3) is 0 Å². The lowest BCUT2D eigenvalue weighted by molar-refractivity contribution is 0.558. The highest BCUT2D eigenvalue weighted by atomic mass is 35.5. The Labute approximate surface area is 92.1 Å². The van der Waals surface area contributed by atoms with Gasteiger partial charge in [0.1, 0.15) is 0 Å². The third-order valence-corrected chi connectivity index (χ3v) is 3.76. The van der Waals surface area contributed by atoms with Gasteiger partial charge < -0.3 is 5.73 Å². The molecule has 1 atom stereocenters. The van der Waals surface area contributed by atoms with E-state index in [9.17, 15) is 8.42 Å². The first-order valence-corrected chi connectivity index (χ1v) is 6.39. The fourth-order valence-corrected chi connectivity index (χ4v) is 2.61. The van der Waals surface area contributed by atoms with E-state index in [0.29, 0.717) is 12.5 Å². The summed E-state index contributed by atoms with van der Waals surface area (Å²) in [5.74, 6) is 0.909. The Kier molecular flexibility index (Phi) is 5.97. The summed E-state index contributed by atoms with van der Waals surface area (Å²) in [7, 11) is -3.08. The first-order chi connectivity index (χ1) is 6.03.